The van der Waals surface area contributed by atoms with Gasteiger partial charge < -0.3 is 4.57 Å². The Morgan fingerprint density at radius 2 is 1.50 bits per heavy atom. The quantitative estimate of drug-likeness (QED) is 0.162. The van der Waals surface area contributed by atoms with Crippen LogP contribution < -0.4 is 9.73 Å². The number of hydrazone groups is 1. The van der Waals surface area contributed by atoms with Crippen LogP contribution in [0.15, 0.2) is 125 Å². The van der Waals surface area contributed by atoms with Crippen LogP contribution in [-0.2, 0) is 16.6 Å². The van der Waals surface area contributed by atoms with Crippen molar-refractivity contribution in [2.75, 3.05) is 4.31 Å². The summed E-state index contributed by atoms with van der Waals surface area (Å²) in [6.07, 6.45) is 1.53. The number of sulfonamides is 1. The third-order valence-electron chi connectivity index (χ3n) is 6.84. The Kier molecular flexibility index (Phi) is 8.31. The van der Waals surface area contributed by atoms with Crippen molar-refractivity contribution >= 4 is 27.8 Å². The average Bonchev–Trinajstić information content (AvgIpc) is 3.29. The second-order valence-electron chi connectivity index (χ2n) is 9.66. The summed E-state index contributed by atoms with van der Waals surface area (Å²) in [6, 6.07) is 32.0. The second kappa shape index (κ2) is 12.2. The van der Waals surface area contributed by atoms with Crippen molar-refractivity contribution in [1.82, 2.24) is 9.99 Å². The molecule has 0 radical (unpaired) electrons. The molecule has 1 heterocycles. The summed E-state index contributed by atoms with van der Waals surface area (Å²) in [4.78, 5) is 13.5. The molecule has 0 atom stereocenters. The number of nitrogens with one attached hydrogen (secondary N) is 1. The number of halogens is 1. The maximum Gasteiger partial charge on any atom is 0.273 e. The number of carbonyl (C=O) groups is 1. The van der Waals surface area contributed by atoms with Crippen LogP contribution in [0.2, 0.25) is 0 Å². The molecule has 0 aliphatic heterocycles. The van der Waals surface area contributed by atoms with Crippen molar-refractivity contribution in [2.45, 2.75) is 25.3 Å². The number of anilines is 1. The molecule has 1 N–H and O–H groups in total. The molecular formula is C33H29FN4O3S. The van der Waals surface area contributed by atoms with Crippen LogP contribution in [0.25, 0.3) is 5.69 Å². The fourth-order valence-corrected chi connectivity index (χ4v) is 6.27. The van der Waals surface area contributed by atoms with Gasteiger partial charge in [0.1, 0.15) is 5.82 Å². The van der Waals surface area contributed by atoms with Crippen molar-refractivity contribution in [3.8, 4) is 5.69 Å². The van der Waals surface area contributed by atoms with Crippen LogP contribution in [0.4, 0.5) is 10.1 Å². The van der Waals surface area contributed by atoms with E-state index in [1.54, 1.807) is 54.6 Å². The number of hydrogen-bond acceptors (Lipinski definition) is 4. The molecule has 212 valence electrons. The first kappa shape index (κ1) is 28.5. The maximum atomic E-state index is 13.9. The van der Waals surface area contributed by atoms with Crippen molar-refractivity contribution in [2.24, 2.45) is 5.10 Å². The zero-order valence-corrected chi connectivity index (χ0v) is 23.9. The van der Waals surface area contributed by atoms with E-state index in [1.165, 1.54) is 34.8 Å². The van der Waals surface area contributed by atoms with E-state index in [2.05, 4.69) is 10.5 Å². The fraction of sp³-hybridized carbons (Fsp3) is 0.0909. The first-order chi connectivity index (χ1) is 20.3. The molecule has 0 fully saturated rings. The summed E-state index contributed by atoms with van der Waals surface area (Å²) >= 11 is 0. The topological polar surface area (TPSA) is 83.8 Å². The predicted octanol–water partition coefficient (Wildman–Crippen LogP) is 6.39. The average molecular weight is 581 g/mol. The maximum absolute atomic E-state index is 13.9. The van der Waals surface area contributed by atoms with Crippen LogP contribution in [-0.4, -0.2) is 25.1 Å². The Bertz CT molecular complexity index is 1840. The number of aryl methyl sites for hydroxylation is 1. The minimum atomic E-state index is -4.02. The van der Waals surface area contributed by atoms with E-state index in [9.17, 15) is 17.6 Å². The van der Waals surface area contributed by atoms with Gasteiger partial charge in [-0.2, -0.15) is 5.10 Å². The van der Waals surface area contributed by atoms with Crippen molar-refractivity contribution in [3.63, 3.8) is 0 Å². The monoisotopic (exact) mass is 580 g/mol. The lowest BCUT2D eigenvalue weighted by molar-refractivity contribution is 0.0955. The molecule has 4 aromatic carbocycles. The van der Waals surface area contributed by atoms with Crippen LogP contribution >= 0.6 is 0 Å². The molecule has 0 aliphatic carbocycles. The molecule has 0 aliphatic rings. The molecule has 5 aromatic rings. The van der Waals surface area contributed by atoms with Gasteiger partial charge in [0.15, 0.2) is 0 Å². The van der Waals surface area contributed by atoms with Gasteiger partial charge in [-0.1, -0.05) is 60.7 Å². The van der Waals surface area contributed by atoms with E-state index >= 15 is 0 Å². The zero-order chi connectivity index (χ0) is 29.7. The molecule has 0 saturated heterocycles. The summed E-state index contributed by atoms with van der Waals surface area (Å²) in [5.74, 6) is -0.875. The SMILES string of the molecule is Cc1cc(/C=N\NC(=O)c2ccccc2N(Cc2ccccc2)S(=O)(=O)c2ccccc2)c(C)n1-c1ccc(F)cc1. The molecule has 7 nitrogen and oxygen atoms in total. The van der Waals surface area contributed by atoms with Gasteiger partial charge in [-0.15, -0.1) is 0 Å². The lowest BCUT2D eigenvalue weighted by Gasteiger charge is -2.26. The Labute approximate surface area is 244 Å². The standard InChI is InChI=1S/C33H29FN4O3S/c1-24-21-27(25(2)38(24)29-19-17-28(34)18-20-29)22-35-36-33(39)31-15-9-10-16-32(31)37(23-26-11-5-3-6-12-26)42(40,41)30-13-7-4-8-14-30/h3-22H,23H2,1-2H3,(H,36,39)/b35-22-. The van der Waals surface area contributed by atoms with Crippen LogP contribution in [0.1, 0.15) is 32.9 Å². The molecule has 0 bridgehead atoms. The Morgan fingerprint density at radius 1 is 0.881 bits per heavy atom. The predicted molar refractivity (Wildman–Crippen MR) is 163 cm³/mol. The highest BCUT2D eigenvalue weighted by molar-refractivity contribution is 7.92. The minimum Gasteiger partial charge on any atom is -0.318 e. The normalized spacial score (nSPS) is 11.5. The van der Waals surface area contributed by atoms with Crippen LogP contribution in [0.5, 0.6) is 0 Å². The van der Waals surface area contributed by atoms with Gasteiger partial charge >= 0.3 is 0 Å². The molecule has 1 amide bonds. The van der Waals surface area contributed by atoms with E-state index in [0.717, 1.165) is 28.2 Å². The van der Waals surface area contributed by atoms with Crippen molar-refractivity contribution in [3.05, 3.63) is 149 Å². The lowest BCUT2D eigenvalue weighted by Crippen LogP contribution is -2.33. The van der Waals surface area contributed by atoms with Gasteiger partial charge in [0.2, 0.25) is 0 Å². The number of hydrogen-bond donors (Lipinski definition) is 1. The first-order valence-corrected chi connectivity index (χ1v) is 14.7. The fourth-order valence-electron chi connectivity index (χ4n) is 4.78. The molecular weight excluding hydrogens is 551 g/mol. The number of aromatic nitrogens is 1. The number of para-hydroxylation sites is 1. The number of nitrogens with zero attached hydrogens (tertiary/aromatic N) is 3. The first-order valence-electron chi connectivity index (χ1n) is 13.2. The van der Waals surface area contributed by atoms with E-state index < -0.39 is 15.9 Å². The number of rotatable bonds is 9. The highest BCUT2D eigenvalue weighted by atomic mass is 32.2. The van der Waals surface area contributed by atoms with Gasteiger partial charge in [0.05, 0.1) is 28.9 Å². The molecule has 0 spiro atoms. The Hall–Kier alpha value is -5.02. The summed E-state index contributed by atoms with van der Waals surface area (Å²) in [5.41, 5.74) is 7.05. The summed E-state index contributed by atoms with van der Waals surface area (Å²) in [6.45, 7) is 3.86. The molecule has 0 saturated carbocycles. The van der Waals surface area contributed by atoms with E-state index in [-0.39, 0.29) is 28.5 Å². The van der Waals surface area contributed by atoms with Crippen LogP contribution in [0.3, 0.4) is 0 Å². The van der Waals surface area contributed by atoms with E-state index in [0.29, 0.717) is 0 Å². The number of amides is 1. The second-order valence-corrected chi connectivity index (χ2v) is 11.5. The molecule has 5 rings (SSSR count). The third-order valence-corrected chi connectivity index (χ3v) is 8.62. The number of benzene rings is 4. The highest BCUT2D eigenvalue weighted by Crippen LogP contribution is 2.29. The van der Waals surface area contributed by atoms with E-state index in [1.807, 2.05) is 54.8 Å². The summed E-state index contributed by atoms with van der Waals surface area (Å²) < 4.78 is 44.4. The minimum absolute atomic E-state index is 0.0288. The Morgan fingerprint density at radius 3 is 2.19 bits per heavy atom. The van der Waals surface area contributed by atoms with Gasteiger partial charge in [0, 0.05) is 22.6 Å². The summed E-state index contributed by atoms with van der Waals surface area (Å²) in [7, 11) is -4.02. The Balaban J connectivity index is 1.44. The van der Waals surface area contributed by atoms with Gasteiger partial charge in [-0.3, -0.25) is 9.10 Å². The molecule has 42 heavy (non-hydrogen) atoms. The smallest absolute Gasteiger partial charge is 0.273 e. The third kappa shape index (κ3) is 6.01. The van der Waals surface area contributed by atoms with Crippen LogP contribution in [0, 0.1) is 19.7 Å². The molecule has 1 aromatic heterocycles. The largest absolute Gasteiger partial charge is 0.318 e. The lowest BCUT2D eigenvalue weighted by atomic mass is 10.1. The van der Waals surface area contributed by atoms with Gasteiger partial charge in [-0.25, -0.2) is 18.2 Å². The number of carbonyl (C=O) groups excluding carboxylic acids is 1. The summed E-state index contributed by atoms with van der Waals surface area (Å²) in [5, 5.41) is 4.18. The van der Waals surface area contributed by atoms with Crippen molar-refractivity contribution in [1.29, 1.82) is 0 Å². The van der Waals surface area contributed by atoms with Gasteiger partial charge in [0.25, 0.3) is 15.9 Å². The van der Waals surface area contributed by atoms with E-state index in [4.69, 9.17) is 0 Å². The molecule has 9 heteroatoms. The van der Waals surface area contributed by atoms with Gasteiger partial charge in [-0.05, 0) is 74.0 Å². The van der Waals surface area contributed by atoms with Crippen molar-refractivity contribution < 1.29 is 17.6 Å². The zero-order valence-electron chi connectivity index (χ0n) is 23.1. The molecule has 0 unspecified atom stereocenters. The highest BCUT2D eigenvalue weighted by Gasteiger charge is 2.28.